The second-order valence-corrected chi connectivity index (χ2v) is 5.34. The fourth-order valence-electron chi connectivity index (χ4n) is 2.60. The van der Waals surface area contributed by atoms with E-state index >= 15 is 0 Å². The van der Waals surface area contributed by atoms with E-state index in [1.165, 1.54) is 5.56 Å². The molecule has 1 aliphatic heterocycles. The number of nitrogens with one attached hydrogen (secondary N) is 1. The highest BCUT2D eigenvalue weighted by atomic mass is 16.5. The van der Waals surface area contributed by atoms with Crippen LogP contribution >= 0.6 is 0 Å². The van der Waals surface area contributed by atoms with Crippen molar-refractivity contribution in [2.45, 2.75) is 38.8 Å². The minimum atomic E-state index is -0.141. The summed E-state index contributed by atoms with van der Waals surface area (Å²) >= 11 is 0. The summed E-state index contributed by atoms with van der Waals surface area (Å²) < 4.78 is 5.13. The lowest BCUT2D eigenvalue weighted by atomic mass is 10.1. The van der Waals surface area contributed by atoms with Crippen molar-refractivity contribution in [1.29, 1.82) is 0 Å². The number of rotatable bonds is 6. The van der Waals surface area contributed by atoms with Gasteiger partial charge in [0.2, 0.25) is 5.91 Å². The van der Waals surface area contributed by atoms with Gasteiger partial charge in [0.1, 0.15) is 6.04 Å². The van der Waals surface area contributed by atoms with Crippen LogP contribution in [0, 0.1) is 0 Å². The Morgan fingerprint density at radius 2 is 2.25 bits per heavy atom. The van der Waals surface area contributed by atoms with Crippen molar-refractivity contribution in [1.82, 2.24) is 4.90 Å². The number of ether oxygens (including phenoxy) is 1. The van der Waals surface area contributed by atoms with Gasteiger partial charge in [-0.2, -0.15) is 0 Å². The van der Waals surface area contributed by atoms with Gasteiger partial charge in [0.25, 0.3) is 0 Å². The van der Waals surface area contributed by atoms with Gasteiger partial charge in [-0.1, -0.05) is 25.1 Å². The summed E-state index contributed by atoms with van der Waals surface area (Å²) in [4.78, 5) is 14.7. The molecule has 1 N–H and O–H groups in total. The number of hydrogen-bond acceptors (Lipinski definition) is 3. The van der Waals surface area contributed by atoms with Gasteiger partial charge < -0.3 is 15.0 Å². The zero-order valence-corrected chi connectivity index (χ0v) is 12.6. The number of carbonyl (C=O) groups excluding carboxylic acids is 1. The normalized spacial score (nSPS) is 18.2. The molecule has 1 aromatic carbocycles. The van der Waals surface area contributed by atoms with E-state index in [1.807, 2.05) is 23.1 Å². The number of methoxy groups -OCH3 is 1. The fraction of sp³-hybridized carbons (Fsp3) is 0.562. The third-order valence-corrected chi connectivity index (χ3v) is 4.01. The van der Waals surface area contributed by atoms with Gasteiger partial charge in [-0.15, -0.1) is 0 Å². The number of amides is 1. The molecule has 1 unspecified atom stereocenters. The molecule has 0 aliphatic carbocycles. The lowest BCUT2D eigenvalue weighted by molar-refractivity contribution is -0.134. The van der Waals surface area contributed by atoms with Crippen LogP contribution in [0.2, 0.25) is 0 Å². The van der Waals surface area contributed by atoms with Crippen LogP contribution < -0.4 is 5.32 Å². The van der Waals surface area contributed by atoms with Crippen molar-refractivity contribution < 1.29 is 9.53 Å². The smallest absolute Gasteiger partial charge is 0.245 e. The molecule has 20 heavy (non-hydrogen) atoms. The fourth-order valence-corrected chi connectivity index (χ4v) is 2.60. The van der Waals surface area contributed by atoms with Crippen molar-refractivity contribution in [3.63, 3.8) is 0 Å². The van der Waals surface area contributed by atoms with Crippen molar-refractivity contribution in [3.8, 4) is 0 Å². The minimum Gasteiger partial charge on any atom is -0.383 e. The molecular formula is C16H24N2O2. The topological polar surface area (TPSA) is 41.6 Å². The molecule has 1 aromatic rings. The van der Waals surface area contributed by atoms with E-state index in [4.69, 9.17) is 4.74 Å². The summed E-state index contributed by atoms with van der Waals surface area (Å²) in [7, 11) is 1.67. The van der Waals surface area contributed by atoms with Gasteiger partial charge >= 0.3 is 0 Å². The summed E-state index contributed by atoms with van der Waals surface area (Å²) in [6.45, 7) is 5.43. The Balaban J connectivity index is 2.06. The third-order valence-electron chi connectivity index (χ3n) is 4.01. The summed E-state index contributed by atoms with van der Waals surface area (Å²) in [5.41, 5.74) is 2.31. The Morgan fingerprint density at radius 1 is 1.50 bits per heavy atom. The zero-order valence-electron chi connectivity index (χ0n) is 12.6. The maximum atomic E-state index is 12.7. The van der Waals surface area contributed by atoms with Gasteiger partial charge in [0, 0.05) is 31.8 Å². The quantitative estimate of drug-likeness (QED) is 0.867. The molecule has 0 spiro atoms. The monoisotopic (exact) mass is 276 g/mol. The first-order valence-electron chi connectivity index (χ1n) is 7.31. The molecule has 0 aromatic heterocycles. The molecule has 4 heteroatoms. The van der Waals surface area contributed by atoms with Crippen molar-refractivity contribution in [2.75, 3.05) is 25.6 Å². The number of anilines is 1. The molecule has 4 nitrogen and oxygen atoms in total. The van der Waals surface area contributed by atoms with Crippen LogP contribution in [0.5, 0.6) is 0 Å². The van der Waals surface area contributed by atoms with E-state index in [1.54, 1.807) is 7.11 Å². The standard InChI is InChI=1S/C16H24N2O2/c1-4-12(2)18(9-10-20-3)16(19)15-11-13-7-5-6-8-14(13)17-15/h5-8,12,15,17H,4,9-11H2,1-3H3/t12?,15-/m0/s1. The highest BCUT2D eigenvalue weighted by molar-refractivity contribution is 5.87. The summed E-state index contributed by atoms with van der Waals surface area (Å²) in [6, 6.07) is 8.23. The van der Waals surface area contributed by atoms with E-state index in [0.717, 1.165) is 18.5 Å². The molecule has 110 valence electrons. The predicted molar refractivity (Wildman–Crippen MR) is 80.9 cm³/mol. The van der Waals surface area contributed by atoms with Gasteiger partial charge in [-0.25, -0.2) is 0 Å². The van der Waals surface area contributed by atoms with Gasteiger partial charge in [0.05, 0.1) is 6.61 Å². The first kappa shape index (κ1) is 14.9. The first-order chi connectivity index (χ1) is 9.67. The number of nitrogens with zero attached hydrogens (tertiary/aromatic N) is 1. The Morgan fingerprint density at radius 3 is 2.90 bits per heavy atom. The molecule has 0 saturated heterocycles. The predicted octanol–water partition coefficient (Wildman–Crippen LogP) is 2.30. The van der Waals surface area contributed by atoms with Crippen molar-refractivity contribution in [3.05, 3.63) is 29.8 Å². The SMILES string of the molecule is CCC(C)N(CCOC)C(=O)[C@@H]1Cc2ccccc2N1. The zero-order chi connectivity index (χ0) is 14.5. The van der Waals surface area contributed by atoms with E-state index in [0.29, 0.717) is 13.2 Å². The van der Waals surface area contributed by atoms with Gasteiger partial charge in [-0.05, 0) is 25.0 Å². The minimum absolute atomic E-state index is 0.141. The molecule has 0 saturated carbocycles. The molecule has 0 fully saturated rings. The van der Waals surface area contributed by atoms with E-state index < -0.39 is 0 Å². The Hall–Kier alpha value is -1.55. The summed E-state index contributed by atoms with van der Waals surface area (Å²) in [5, 5.41) is 3.34. The Labute approximate surface area is 121 Å². The van der Waals surface area contributed by atoms with E-state index in [2.05, 4.69) is 25.2 Å². The number of benzene rings is 1. The molecule has 2 rings (SSSR count). The molecule has 1 aliphatic rings. The molecule has 1 amide bonds. The van der Waals surface area contributed by atoms with Crippen LogP contribution in [0.1, 0.15) is 25.8 Å². The second kappa shape index (κ2) is 6.75. The molecule has 1 heterocycles. The van der Waals surface area contributed by atoms with Gasteiger partial charge in [-0.3, -0.25) is 4.79 Å². The number of carbonyl (C=O) groups is 1. The maximum absolute atomic E-state index is 12.7. The van der Waals surface area contributed by atoms with Gasteiger partial charge in [0.15, 0.2) is 0 Å². The Kier molecular flexibility index (Phi) is 5.01. The Bertz CT molecular complexity index is 437. The molecule has 2 atom stereocenters. The maximum Gasteiger partial charge on any atom is 0.245 e. The number of hydrogen-bond donors (Lipinski definition) is 1. The van der Waals surface area contributed by atoms with Crippen LogP contribution in [-0.4, -0.2) is 43.2 Å². The van der Waals surface area contributed by atoms with Crippen LogP contribution in [0.4, 0.5) is 5.69 Å². The van der Waals surface area contributed by atoms with Crippen LogP contribution in [-0.2, 0) is 16.0 Å². The van der Waals surface area contributed by atoms with Crippen LogP contribution in [0.25, 0.3) is 0 Å². The lowest BCUT2D eigenvalue weighted by Crippen LogP contribution is -2.47. The number of fused-ring (bicyclic) bond motifs is 1. The number of para-hydroxylation sites is 1. The highest BCUT2D eigenvalue weighted by Crippen LogP contribution is 2.26. The van der Waals surface area contributed by atoms with E-state index in [9.17, 15) is 4.79 Å². The van der Waals surface area contributed by atoms with Crippen molar-refractivity contribution >= 4 is 11.6 Å². The summed E-state index contributed by atoms with van der Waals surface area (Å²) in [5.74, 6) is 0.174. The average molecular weight is 276 g/mol. The first-order valence-corrected chi connectivity index (χ1v) is 7.31. The molecule has 0 bridgehead atoms. The second-order valence-electron chi connectivity index (χ2n) is 5.34. The van der Waals surface area contributed by atoms with Crippen LogP contribution in [0.3, 0.4) is 0 Å². The van der Waals surface area contributed by atoms with Crippen molar-refractivity contribution in [2.24, 2.45) is 0 Å². The average Bonchev–Trinajstić information content (AvgIpc) is 2.90. The molecular weight excluding hydrogens is 252 g/mol. The lowest BCUT2D eigenvalue weighted by Gasteiger charge is -2.31. The summed E-state index contributed by atoms with van der Waals surface area (Å²) in [6.07, 6.45) is 1.73. The van der Waals surface area contributed by atoms with Crippen LogP contribution in [0.15, 0.2) is 24.3 Å². The third kappa shape index (κ3) is 3.12. The van der Waals surface area contributed by atoms with E-state index in [-0.39, 0.29) is 18.0 Å². The largest absolute Gasteiger partial charge is 0.383 e. The highest BCUT2D eigenvalue weighted by Gasteiger charge is 2.31. The molecule has 0 radical (unpaired) electrons.